The number of hydrogen-bond acceptors (Lipinski definition) is 3. The highest BCUT2D eigenvalue weighted by atomic mass is 16.2. The van der Waals surface area contributed by atoms with Crippen molar-refractivity contribution < 1.29 is 14.4 Å². The third kappa shape index (κ3) is 4.08. The van der Waals surface area contributed by atoms with Gasteiger partial charge >= 0.3 is 11.8 Å². The van der Waals surface area contributed by atoms with Crippen molar-refractivity contribution in [2.75, 3.05) is 0 Å². The fourth-order valence-electron chi connectivity index (χ4n) is 1.69. The van der Waals surface area contributed by atoms with Crippen LogP contribution in [0.15, 0.2) is 24.3 Å². The van der Waals surface area contributed by atoms with Crippen LogP contribution in [0.2, 0.25) is 0 Å². The SMILES string of the molecule is Cc1ccccc1CC(=O)NNC(=O)C(=O)NC1CC1. The van der Waals surface area contributed by atoms with Gasteiger partial charge < -0.3 is 5.32 Å². The van der Waals surface area contributed by atoms with Crippen molar-refractivity contribution >= 4 is 17.7 Å². The van der Waals surface area contributed by atoms with E-state index >= 15 is 0 Å². The molecular weight excluding hydrogens is 258 g/mol. The second-order valence-electron chi connectivity index (χ2n) is 4.85. The topological polar surface area (TPSA) is 87.3 Å². The minimum atomic E-state index is -0.852. The molecule has 1 aromatic carbocycles. The van der Waals surface area contributed by atoms with Crippen molar-refractivity contribution in [3.63, 3.8) is 0 Å². The van der Waals surface area contributed by atoms with E-state index in [1.54, 1.807) is 0 Å². The molecule has 1 aromatic rings. The molecule has 20 heavy (non-hydrogen) atoms. The van der Waals surface area contributed by atoms with Gasteiger partial charge in [0.2, 0.25) is 5.91 Å². The monoisotopic (exact) mass is 275 g/mol. The van der Waals surface area contributed by atoms with Gasteiger partial charge in [-0.25, -0.2) is 0 Å². The second-order valence-corrected chi connectivity index (χ2v) is 4.85. The van der Waals surface area contributed by atoms with E-state index in [9.17, 15) is 14.4 Å². The average Bonchev–Trinajstić information content (AvgIpc) is 3.22. The Morgan fingerprint density at radius 2 is 1.80 bits per heavy atom. The van der Waals surface area contributed by atoms with Crippen LogP contribution in [0.1, 0.15) is 24.0 Å². The molecule has 0 unspecified atom stereocenters. The summed E-state index contributed by atoms with van der Waals surface area (Å²) in [5.41, 5.74) is 6.21. The maximum atomic E-state index is 11.7. The van der Waals surface area contributed by atoms with E-state index in [1.165, 1.54) is 0 Å². The number of aryl methyl sites for hydroxylation is 1. The number of benzene rings is 1. The van der Waals surface area contributed by atoms with Crippen LogP contribution in [0, 0.1) is 6.92 Å². The Bertz CT molecular complexity index is 538. The van der Waals surface area contributed by atoms with E-state index in [0.717, 1.165) is 24.0 Å². The number of nitrogens with one attached hydrogen (secondary N) is 3. The van der Waals surface area contributed by atoms with Crippen molar-refractivity contribution in [2.24, 2.45) is 0 Å². The zero-order valence-corrected chi connectivity index (χ0v) is 11.2. The highest BCUT2D eigenvalue weighted by Gasteiger charge is 2.26. The average molecular weight is 275 g/mol. The molecule has 1 aliphatic carbocycles. The molecule has 0 atom stereocenters. The summed E-state index contributed by atoms with van der Waals surface area (Å²) < 4.78 is 0. The smallest absolute Gasteiger partial charge is 0.327 e. The van der Waals surface area contributed by atoms with Gasteiger partial charge in [-0.05, 0) is 30.9 Å². The summed E-state index contributed by atoms with van der Waals surface area (Å²) in [7, 11) is 0. The first-order valence-electron chi connectivity index (χ1n) is 6.50. The van der Waals surface area contributed by atoms with Gasteiger partial charge in [0.1, 0.15) is 0 Å². The number of hydrogen-bond donors (Lipinski definition) is 3. The molecule has 106 valence electrons. The van der Waals surface area contributed by atoms with Gasteiger partial charge in [0.25, 0.3) is 0 Å². The number of hydrazine groups is 1. The molecule has 0 spiro atoms. The molecule has 0 aliphatic heterocycles. The lowest BCUT2D eigenvalue weighted by atomic mass is 10.1. The molecule has 0 aromatic heterocycles. The molecule has 6 nitrogen and oxygen atoms in total. The van der Waals surface area contributed by atoms with Crippen LogP contribution in [0.3, 0.4) is 0 Å². The molecule has 1 fully saturated rings. The molecule has 1 saturated carbocycles. The predicted molar refractivity (Wildman–Crippen MR) is 72.3 cm³/mol. The Morgan fingerprint density at radius 1 is 1.10 bits per heavy atom. The summed E-state index contributed by atoms with van der Waals surface area (Å²) in [5.74, 6) is -1.94. The molecule has 0 bridgehead atoms. The summed E-state index contributed by atoms with van der Waals surface area (Å²) >= 11 is 0. The molecule has 0 saturated heterocycles. The normalized spacial score (nSPS) is 13.4. The van der Waals surface area contributed by atoms with Crippen molar-refractivity contribution in [1.29, 1.82) is 0 Å². The quantitative estimate of drug-likeness (QED) is 0.534. The van der Waals surface area contributed by atoms with Crippen LogP contribution in [-0.4, -0.2) is 23.8 Å². The van der Waals surface area contributed by atoms with E-state index in [0.29, 0.717) is 0 Å². The Labute approximate surface area is 116 Å². The maximum absolute atomic E-state index is 11.7. The van der Waals surface area contributed by atoms with E-state index in [1.807, 2.05) is 31.2 Å². The van der Waals surface area contributed by atoms with E-state index < -0.39 is 11.8 Å². The fraction of sp³-hybridized carbons (Fsp3) is 0.357. The summed E-state index contributed by atoms with van der Waals surface area (Å²) in [4.78, 5) is 34.4. The molecule has 3 N–H and O–H groups in total. The maximum Gasteiger partial charge on any atom is 0.327 e. The van der Waals surface area contributed by atoms with Crippen molar-refractivity contribution in [3.05, 3.63) is 35.4 Å². The molecule has 2 rings (SSSR count). The highest BCUT2D eigenvalue weighted by Crippen LogP contribution is 2.18. The molecule has 0 radical (unpaired) electrons. The standard InChI is InChI=1S/C14H17N3O3/c1-9-4-2-3-5-10(9)8-12(18)16-17-14(20)13(19)15-11-6-7-11/h2-5,11H,6-8H2,1H3,(H,15,19)(H,16,18)(H,17,20). The first kappa shape index (κ1) is 14.0. The number of amides is 3. The van der Waals surface area contributed by atoms with Crippen LogP contribution < -0.4 is 16.2 Å². The van der Waals surface area contributed by atoms with E-state index in [-0.39, 0.29) is 18.4 Å². The Hall–Kier alpha value is -2.37. The van der Waals surface area contributed by atoms with Gasteiger partial charge in [-0.15, -0.1) is 0 Å². The summed E-state index contributed by atoms with van der Waals surface area (Å²) in [6.07, 6.45) is 1.95. The molecule has 3 amide bonds. The number of carbonyl (C=O) groups excluding carboxylic acids is 3. The Balaban J connectivity index is 1.75. The van der Waals surface area contributed by atoms with Crippen molar-refractivity contribution in [1.82, 2.24) is 16.2 Å². The fourth-order valence-corrected chi connectivity index (χ4v) is 1.69. The lowest BCUT2D eigenvalue weighted by Crippen LogP contribution is -2.49. The minimum Gasteiger partial charge on any atom is -0.345 e. The summed E-state index contributed by atoms with van der Waals surface area (Å²) in [6, 6.07) is 7.59. The first-order chi connectivity index (χ1) is 9.56. The van der Waals surface area contributed by atoms with Gasteiger partial charge in [-0.3, -0.25) is 25.2 Å². The third-order valence-corrected chi connectivity index (χ3v) is 3.05. The molecular formula is C14H17N3O3. The van der Waals surface area contributed by atoms with Crippen molar-refractivity contribution in [3.8, 4) is 0 Å². The Kier molecular flexibility index (Phi) is 4.34. The van der Waals surface area contributed by atoms with Crippen LogP contribution in [0.4, 0.5) is 0 Å². The van der Waals surface area contributed by atoms with Gasteiger partial charge in [0.15, 0.2) is 0 Å². The lowest BCUT2D eigenvalue weighted by Gasteiger charge is -2.08. The largest absolute Gasteiger partial charge is 0.345 e. The zero-order valence-electron chi connectivity index (χ0n) is 11.2. The molecule has 1 aliphatic rings. The number of rotatable bonds is 3. The van der Waals surface area contributed by atoms with Gasteiger partial charge in [-0.1, -0.05) is 24.3 Å². The van der Waals surface area contributed by atoms with Crippen LogP contribution in [0.25, 0.3) is 0 Å². The lowest BCUT2D eigenvalue weighted by molar-refractivity contribution is -0.140. The Morgan fingerprint density at radius 3 is 2.45 bits per heavy atom. The summed E-state index contributed by atoms with van der Waals surface area (Å²) in [6.45, 7) is 1.91. The van der Waals surface area contributed by atoms with Gasteiger partial charge in [0.05, 0.1) is 6.42 Å². The highest BCUT2D eigenvalue weighted by molar-refractivity contribution is 6.35. The second kappa shape index (κ2) is 6.18. The van der Waals surface area contributed by atoms with E-state index in [2.05, 4.69) is 16.2 Å². The van der Waals surface area contributed by atoms with Gasteiger partial charge in [-0.2, -0.15) is 0 Å². The van der Waals surface area contributed by atoms with Crippen LogP contribution in [-0.2, 0) is 20.8 Å². The zero-order chi connectivity index (χ0) is 14.5. The minimum absolute atomic E-state index is 0.107. The van der Waals surface area contributed by atoms with Crippen molar-refractivity contribution in [2.45, 2.75) is 32.2 Å². The third-order valence-electron chi connectivity index (χ3n) is 3.05. The molecule has 6 heteroatoms. The van der Waals surface area contributed by atoms with Crippen LogP contribution >= 0.6 is 0 Å². The first-order valence-corrected chi connectivity index (χ1v) is 6.50. The summed E-state index contributed by atoms with van der Waals surface area (Å²) in [5, 5.41) is 2.53. The predicted octanol–water partition coefficient (Wildman–Crippen LogP) is -0.0365. The van der Waals surface area contributed by atoms with Gasteiger partial charge in [0, 0.05) is 6.04 Å². The molecule has 0 heterocycles. The van der Waals surface area contributed by atoms with E-state index in [4.69, 9.17) is 0 Å². The number of carbonyl (C=O) groups is 3. The van der Waals surface area contributed by atoms with Crippen LogP contribution in [0.5, 0.6) is 0 Å².